The van der Waals surface area contributed by atoms with Crippen LogP contribution in [0.3, 0.4) is 0 Å². The number of aliphatic hydroxyl groups is 1. The Balaban J connectivity index is 2.03. The molecule has 0 amide bonds. The summed E-state index contributed by atoms with van der Waals surface area (Å²) in [7, 11) is 0. The Morgan fingerprint density at radius 3 is 2.59 bits per heavy atom. The lowest BCUT2D eigenvalue weighted by atomic mass is 9.96. The molecule has 22 heavy (non-hydrogen) atoms. The molecule has 2 aromatic rings. The average Bonchev–Trinajstić information content (AvgIpc) is 2.54. The number of benzene rings is 2. The maximum atomic E-state index is 10.5. The van der Waals surface area contributed by atoms with Crippen molar-refractivity contribution >= 4 is 11.6 Å². The summed E-state index contributed by atoms with van der Waals surface area (Å²) in [6, 6.07) is 17.5. The Hall–Kier alpha value is -2.33. The Labute approximate surface area is 131 Å². The van der Waals surface area contributed by atoms with E-state index in [0.29, 0.717) is 5.96 Å². The molecule has 0 saturated carbocycles. The number of nitrogens with two attached hydrogens (primary N) is 1. The van der Waals surface area contributed by atoms with Crippen molar-refractivity contribution in [3.63, 3.8) is 0 Å². The first-order valence-corrected chi connectivity index (χ1v) is 7.45. The first-order chi connectivity index (χ1) is 10.5. The maximum Gasteiger partial charge on any atom is 0.193 e. The fourth-order valence-corrected chi connectivity index (χ4v) is 2.18. The quantitative estimate of drug-likeness (QED) is 0.587. The molecule has 1 atom stereocenters. The van der Waals surface area contributed by atoms with Crippen LogP contribution < -0.4 is 11.1 Å². The zero-order chi connectivity index (χ0) is 16.0. The standard InChI is InChI=1S/C18H23N3O/c1-3-14-8-7-11-16(12-14)21-17(19)20-13-18(2,22)15-9-5-4-6-10-15/h4-12,22H,3,13H2,1-2H3,(H3,19,20,21). The minimum Gasteiger partial charge on any atom is -0.384 e. The number of rotatable bonds is 5. The zero-order valence-corrected chi connectivity index (χ0v) is 13.1. The van der Waals surface area contributed by atoms with E-state index in [2.05, 4.69) is 23.3 Å². The van der Waals surface area contributed by atoms with Gasteiger partial charge in [0.05, 0.1) is 6.54 Å². The third-order valence-corrected chi connectivity index (χ3v) is 3.56. The van der Waals surface area contributed by atoms with E-state index < -0.39 is 5.60 Å². The van der Waals surface area contributed by atoms with E-state index in [-0.39, 0.29) is 6.54 Å². The number of guanidine groups is 1. The van der Waals surface area contributed by atoms with E-state index in [4.69, 9.17) is 5.73 Å². The van der Waals surface area contributed by atoms with Crippen LogP contribution in [0.1, 0.15) is 25.0 Å². The number of aryl methyl sites for hydroxylation is 1. The molecule has 116 valence electrons. The monoisotopic (exact) mass is 297 g/mol. The second-order valence-electron chi connectivity index (χ2n) is 5.52. The van der Waals surface area contributed by atoms with Gasteiger partial charge < -0.3 is 16.2 Å². The van der Waals surface area contributed by atoms with Crippen LogP contribution in [-0.4, -0.2) is 17.6 Å². The second kappa shape index (κ2) is 7.09. The highest BCUT2D eigenvalue weighted by atomic mass is 16.3. The Bertz CT molecular complexity index is 636. The van der Waals surface area contributed by atoms with Gasteiger partial charge in [-0.25, -0.2) is 4.99 Å². The molecule has 2 aromatic carbocycles. The number of hydrogen-bond acceptors (Lipinski definition) is 2. The van der Waals surface area contributed by atoms with Crippen LogP contribution >= 0.6 is 0 Å². The molecular weight excluding hydrogens is 274 g/mol. The lowest BCUT2D eigenvalue weighted by Gasteiger charge is -2.21. The van der Waals surface area contributed by atoms with Crippen molar-refractivity contribution in [3.8, 4) is 0 Å². The molecule has 0 heterocycles. The van der Waals surface area contributed by atoms with Crippen LogP contribution in [0.4, 0.5) is 5.69 Å². The van der Waals surface area contributed by atoms with Gasteiger partial charge in [-0.05, 0) is 36.6 Å². The highest BCUT2D eigenvalue weighted by Crippen LogP contribution is 2.20. The summed E-state index contributed by atoms with van der Waals surface area (Å²) in [6.45, 7) is 4.04. The fraction of sp³-hybridized carbons (Fsp3) is 0.278. The summed E-state index contributed by atoms with van der Waals surface area (Å²) in [5.41, 5.74) is 7.82. The van der Waals surface area contributed by atoms with E-state index in [1.165, 1.54) is 5.56 Å². The number of nitrogens with one attached hydrogen (secondary N) is 1. The number of nitrogens with zero attached hydrogens (tertiary/aromatic N) is 1. The Morgan fingerprint density at radius 2 is 1.91 bits per heavy atom. The molecule has 0 bridgehead atoms. The molecule has 0 aliphatic heterocycles. The lowest BCUT2D eigenvalue weighted by molar-refractivity contribution is 0.0674. The largest absolute Gasteiger partial charge is 0.384 e. The van der Waals surface area contributed by atoms with Crippen molar-refractivity contribution < 1.29 is 5.11 Å². The third-order valence-electron chi connectivity index (χ3n) is 3.56. The van der Waals surface area contributed by atoms with E-state index in [9.17, 15) is 5.11 Å². The first kappa shape index (κ1) is 16.0. The van der Waals surface area contributed by atoms with Gasteiger partial charge in [0.15, 0.2) is 5.96 Å². The van der Waals surface area contributed by atoms with Gasteiger partial charge in [-0.15, -0.1) is 0 Å². The predicted octanol–water partition coefficient (Wildman–Crippen LogP) is 2.88. The second-order valence-corrected chi connectivity index (χ2v) is 5.52. The molecular formula is C18H23N3O. The molecule has 4 nitrogen and oxygen atoms in total. The summed E-state index contributed by atoms with van der Waals surface area (Å²) >= 11 is 0. The van der Waals surface area contributed by atoms with Gasteiger partial charge in [-0.1, -0.05) is 49.4 Å². The van der Waals surface area contributed by atoms with Gasteiger partial charge in [0.1, 0.15) is 5.60 Å². The Kier molecular flexibility index (Phi) is 5.17. The minimum absolute atomic E-state index is 0.198. The van der Waals surface area contributed by atoms with Crippen LogP contribution in [0.15, 0.2) is 59.6 Å². The van der Waals surface area contributed by atoms with Gasteiger partial charge in [0.25, 0.3) is 0 Å². The molecule has 4 N–H and O–H groups in total. The average molecular weight is 297 g/mol. The minimum atomic E-state index is -1.04. The predicted molar refractivity (Wildman–Crippen MR) is 91.9 cm³/mol. The molecule has 0 radical (unpaired) electrons. The van der Waals surface area contributed by atoms with Crippen molar-refractivity contribution in [3.05, 3.63) is 65.7 Å². The van der Waals surface area contributed by atoms with Crippen molar-refractivity contribution in [1.82, 2.24) is 0 Å². The number of aliphatic imine (C=N–C) groups is 1. The van der Waals surface area contributed by atoms with Gasteiger partial charge in [-0.2, -0.15) is 0 Å². The third kappa shape index (κ3) is 4.33. The molecule has 0 aliphatic rings. The summed E-state index contributed by atoms with van der Waals surface area (Å²) in [6.07, 6.45) is 0.968. The van der Waals surface area contributed by atoms with Crippen molar-refractivity contribution in [2.24, 2.45) is 10.7 Å². The van der Waals surface area contributed by atoms with Crippen molar-refractivity contribution in [2.45, 2.75) is 25.9 Å². The molecule has 0 aromatic heterocycles. The first-order valence-electron chi connectivity index (χ1n) is 7.45. The molecule has 4 heteroatoms. The molecule has 1 unspecified atom stereocenters. The lowest BCUT2D eigenvalue weighted by Crippen LogP contribution is -2.29. The number of anilines is 1. The highest BCUT2D eigenvalue weighted by Gasteiger charge is 2.22. The molecule has 2 rings (SSSR count). The van der Waals surface area contributed by atoms with Crippen molar-refractivity contribution in [2.75, 3.05) is 11.9 Å². The van der Waals surface area contributed by atoms with Crippen LogP contribution in [0, 0.1) is 0 Å². The van der Waals surface area contributed by atoms with E-state index >= 15 is 0 Å². The molecule has 0 saturated heterocycles. The van der Waals surface area contributed by atoms with Gasteiger partial charge in [0.2, 0.25) is 0 Å². The molecule has 0 spiro atoms. The normalized spacial score (nSPS) is 14.4. The fourth-order valence-electron chi connectivity index (χ4n) is 2.18. The van der Waals surface area contributed by atoms with Gasteiger partial charge in [-0.3, -0.25) is 0 Å². The zero-order valence-electron chi connectivity index (χ0n) is 13.1. The highest BCUT2D eigenvalue weighted by molar-refractivity contribution is 5.92. The topological polar surface area (TPSA) is 70.6 Å². The van der Waals surface area contributed by atoms with Gasteiger partial charge in [0, 0.05) is 5.69 Å². The Morgan fingerprint density at radius 1 is 1.18 bits per heavy atom. The van der Waals surface area contributed by atoms with Crippen molar-refractivity contribution in [1.29, 1.82) is 0 Å². The summed E-state index contributed by atoms with van der Waals surface area (Å²) in [5, 5.41) is 13.5. The smallest absolute Gasteiger partial charge is 0.193 e. The summed E-state index contributed by atoms with van der Waals surface area (Å²) in [4.78, 5) is 4.26. The van der Waals surface area contributed by atoms with Crippen LogP contribution in [-0.2, 0) is 12.0 Å². The van der Waals surface area contributed by atoms with Crippen LogP contribution in [0.2, 0.25) is 0 Å². The molecule has 0 aliphatic carbocycles. The van der Waals surface area contributed by atoms with E-state index in [0.717, 1.165) is 17.7 Å². The van der Waals surface area contributed by atoms with E-state index in [1.807, 2.05) is 48.5 Å². The van der Waals surface area contributed by atoms with Gasteiger partial charge >= 0.3 is 0 Å². The van der Waals surface area contributed by atoms with E-state index in [1.54, 1.807) is 6.92 Å². The number of hydrogen-bond donors (Lipinski definition) is 3. The summed E-state index contributed by atoms with van der Waals surface area (Å²) in [5.74, 6) is 0.296. The van der Waals surface area contributed by atoms with Crippen LogP contribution in [0.25, 0.3) is 0 Å². The molecule has 0 fully saturated rings. The SMILES string of the molecule is CCc1cccc(NC(N)=NCC(C)(O)c2ccccc2)c1. The summed E-state index contributed by atoms with van der Waals surface area (Å²) < 4.78 is 0. The maximum absolute atomic E-state index is 10.5. The van der Waals surface area contributed by atoms with Crippen LogP contribution in [0.5, 0.6) is 0 Å².